The van der Waals surface area contributed by atoms with E-state index >= 15 is 0 Å². The summed E-state index contributed by atoms with van der Waals surface area (Å²) in [5.41, 5.74) is 2.40. The molecule has 33 heavy (non-hydrogen) atoms. The lowest BCUT2D eigenvalue weighted by Crippen LogP contribution is -2.60. The number of carboxylic acids is 1. The Bertz CT molecular complexity index is 936. The lowest BCUT2D eigenvalue weighted by molar-refractivity contribution is -0.148. The van der Waals surface area contributed by atoms with Gasteiger partial charge in [-0.2, -0.15) is 0 Å². The number of carboxylic acid groups (broad SMARTS) is 1. The maximum Gasteiger partial charge on any atom is 0.330 e. The van der Waals surface area contributed by atoms with Crippen LogP contribution in [0.25, 0.3) is 0 Å². The lowest BCUT2D eigenvalue weighted by atomic mass is 9.38. The maximum atomic E-state index is 12.7. The third-order valence-corrected chi connectivity index (χ3v) is 11.2. The topological polar surface area (TPSA) is 54.4 Å². The van der Waals surface area contributed by atoms with Gasteiger partial charge in [0, 0.05) is 11.0 Å². The summed E-state index contributed by atoms with van der Waals surface area (Å²) in [6, 6.07) is 0. The summed E-state index contributed by atoms with van der Waals surface area (Å²) in [6.07, 6.45) is 16.5. The van der Waals surface area contributed by atoms with E-state index in [0.29, 0.717) is 35.0 Å². The summed E-state index contributed by atoms with van der Waals surface area (Å²) in [4.78, 5) is 23.9. The van der Waals surface area contributed by atoms with Crippen LogP contribution in [0.2, 0.25) is 0 Å². The molecule has 7 atom stereocenters. The number of fused-ring (bicyclic) bond motifs is 5. The van der Waals surface area contributed by atoms with Crippen molar-refractivity contribution < 1.29 is 14.7 Å². The zero-order chi connectivity index (χ0) is 24.4. The molecule has 0 spiro atoms. The standard InChI is InChI=1S/C30H44O3/c1-19(9-8-10-20(2)26(32)33)21-13-17-29(6)22(21)11-12-24-28(5)16-15-25(31)27(3,4)23(28)14-18-30(24,29)7/h10-11,15-16,19,21,23-24H,8-9,12-14,17-18H2,1-7H3,(H,32,33)/b20-10+/t19-,21-,23+,24+,28+,29+,30-/m0/s1. The molecule has 3 heteroatoms. The molecule has 0 aromatic heterocycles. The van der Waals surface area contributed by atoms with Crippen LogP contribution in [0.4, 0.5) is 0 Å². The summed E-state index contributed by atoms with van der Waals surface area (Å²) < 4.78 is 0. The number of allylic oxidation sites excluding steroid dienone is 5. The van der Waals surface area contributed by atoms with Crippen molar-refractivity contribution in [1.82, 2.24) is 0 Å². The quantitative estimate of drug-likeness (QED) is 0.349. The molecule has 0 saturated heterocycles. The smallest absolute Gasteiger partial charge is 0.330 e. The molecule has 2 saturated carbocycles. The molecule has 0 aliphatic heterocycles. The fourth-order valence-corrected chi connectivity index (χ4v) is 8.88. The largest absolute Gasteiger partial charge is 0.478 e. The van der Waals surface area contributed by atoms with Gasteiger partial charge in [-0.15, -0.1) is 0 Å². The van der Waals surface area contributed by atoms with Gasteiger partial charge < -0.3 is 5.11 Å². The van der Waals surface area contributed by atoms with E-state index in [4.69, 9.17) is 5.11 Å². The van der Waals surface area contributed by atoms with Crippen LogP contribution in [0, 0.1) is 45.3 Å². The molecule has 0 aromatic rings. The number of carbonyl (C=O) groups excluding carboxylic acids is 1. The highest BCUT2D eigenvalue weighted by atomic mass is 16.4. The maximum absolute atomic E-state index is 12.7. The van der Waals surface area contributed by atoms with E-state index in [1.54, 1.807) is 12.5 Å². The first-order chi connectivity index (χ1) is 15.3. The molecule has 182 valence electrons. The van der Waals surface area contributed by atoms with E-state index in [1.165, 1.54) is 19.3 Å². The van der Waals surface area contributed by atoms with Gasteiger partial charge in [0.05, 0.1) is 0 Å². The van der Waals surface area contributed by atoms with E-state index in [9.17, 15) is 9.59 Å². The van der Waals surface area contributed by atoms with Crippen molar-refractivity contribution in [2.75, 3.05) is 0 Å². The van der Waals surface area contributed by atoms with Crippen molar-refractivity contribution in [1.29, 1.82) is 0 Å². The van der Waals surface area contributed by atoms with Crippen LogP contribution in [0.3, 0.4) is 0 Å². The number of hydrogen-bond acceptors (Lipinski definition) is 2. The molecule has 0 radical (unpaired) electrons. The van der Waals surface area contributed by atoms with Crippen molar-refractivity contribution in [3.05, 3.63) is 35.5 Å². The first kappa shape index (κ1) is 24.5. The molecule has 4 rings (SSSR count). The fourth-order valence-electron chi connectivity index (χ4n) is 8.88. The third-order valence-electron chi connectivity index (χ3n) is 11.2. The first-order valence-corrected chi connectivity index (χ1v) is 13.1. The van der Waals surface area contributed by atoms with Crippen LogP contribution in [0.5, 0.6) is 0 Å². The molecule has 0 heterocycles. The van der Waals surface area contributed by atoms with Gasteiger partial charge in [0.25, 0.3) is 0 Å². The van der Waals surface area contributed by atoms with Gasteiger partial charge in [-0.3, -0.25) is 4.79 Å². The minimum Gasteiger partial charge on any atom is -0.478 e. The Kier molecular flexibility index (Phi) is 5.90. The summed E-state index contributed by atoms with van der Waals surface area (Å²) in [6.45, 7) is 15.9. The Morgan fingerprint density at radius 2 is 1.85 bits per heavy atom. The van der Waals surface area contributed by atoms with Crippen molar-refractivity contribution in [3.63, 3.8) is 0 Å². The van der Waals surface area contributed by atoms with Crippen LogP contribution in [-0.2, 0) is 9.59 Å². The van der Waals surface area contributed by atoms with Crippen molar-refractivity contribution in [2.24, 2.45) is 45.3 Å². The summed E-state index contributed by atoms with van der Waals surface area (Å²) in [5.74, 6) is 1.64. The molecular formula is C30H44O3. The van der Waals surface area contributed by atoms with E-state index in [0.717, 1.165) is 25.7 Å². The second kappa shape index (κ2) is 7.95. The number of aliphatic carboxylic acids is 1. The van der Waals surface area contributed by atoms with E-state index in [-0.39, 0.29) is 21.7 Å². The molecule has 0 bridgehead atoms. The van der Waals surface area contributed by atoms with Gasteiger partial charge in [0.1, 0.15) is 0 Å². The molecule has 4 aliphatic carbocycles. The zero-order valence-electron chi connectivity index (χ0n) is 21.8. The predicted molar refractivity (Wildman–Crippen MR) is 134 cm³/mol. The summed E-state index contributed by atoms with van der Waals surface area (Å²) in [7, 11) is 0. The van der Waals surface area contributed by atoms with Crippen molar-refractivity contribution in [3.8, 4) is 0 Å². The minimum absolute atomic E-state index is 0.0678. The Balaban J connectivity index is 1.61. The predicted octanol–water partition coefficient (Wildman–Crippen LogP) is 7.38. The zero-order valence-corrected chi connectivity index (χ0v) is 21.8. The van der Waals surface area contributed by atoms with Gasteiger partial charge in [0.2, 0.25) is 0 Å². The normalized spacial score (nSPS) is 42.8. The molecule has 0 amide bonds. The molecule has 1 N–H and O–H groups in total. The molecule has 0 aromatic carbocycles. The van der Waals surface area contributed by atoms with Crippen LogP contribution in [0.1, 0.15) is 93.4 Å². The van der Waals surface area contributed by atoms with Crippen LogP contribution < -0.4 is 0 Å². The van der Waals surface area contributed by atoms with Gasteiger partial charge >= 0.3 is 5.97 Å². The molecule has 0 unspecified atom stereocenters. The Morgan fingerprint density at radius 1 is 1.15 bits per heavy atom. The Morgan fingerprint density at radius 3 is 2.52 bits per heavy atom. The van der Waals surface area contributed by atoms with Gasteiger partial charge in [-0.05, 0) is 97.9 Å². The minimum atomic E-state index is -0.809. The number of ketones is 1. The summed E-state index contributed by atoms with van der Waals surface area (Å²) in [5, 5.41) is 9.13. The average molecular weight is 453 g/mol. The second-order valence-corrected chi connectivity index (χ2v) is 13.0. The number of hydrogen-bond donors (Lipinski definition) is 1. The Hall–Kier alpha value is -1.64. The fraction of sp³-hybridized carbons (Fsp3) is 0.733. The lowest BCUT2D eigenvalue weighted by Gasteiger charge is -2.66. The molecular weight excluding hydrogens is 408 g/mol. The third kappa shape index (κ3) is 3.43. The average Bonchev–Trinajstić information content (AvgIpc) is 3.09. The summed E-state index contributed by atoms with van der Waals surface area (Å²) >= 11 is 0. The van der Waals surface area contributed by atoms with E-state index in [2.05, 4.69) is 53.7 Å². The highest BCUT2D eigenvalue weighted by Crippen LogP contribution is 2.73. The van der Waals surface area contributed by atoms with Gasteiger partial charge in [-0.1, -0.05) is 65.3 Å². The van der Waals surface area contributed by atoms with Crippen molar-refractivity contribution >= 4 is 11.8 Å². The second-order valence-electron chi connectivity index (χ2n) is 13.0. The van der Waals surface area contributed by atoms with Gasteiger partial charge in [-0.25, -0.2) is 4.79 Å². The van der Waals surface area contributed by atoms with Crippen LogP contribution in [-0.4, -0.2) is 16.9 Å². The molecule has 3 nitrogen and oxygen atoms in total. The number of rotatable bonds is 5. The monoisotopic (exact) mass is 452 g/mol. The van der Waals surface area contributed by atoms with E-state index in [1.807, 2.05) is 12.2 Å². The Labute approximate surface area is 200 Å². The van der Waals surface area contributed by atoms with Crippen LogP contribution in [0.15, 0.2) is 35.5 Å². The van der Waals surface area contributed by atoms with Crippen LogP contribution >= 0.6 is 0 Å². The van der Waals surface area contributed by atoms with Gasteiger partial charge in [0.15, 0.2) is 5.78 Å². The SMILES string of the molecule is C/C(=C\CC[C@H](C)[C@@H]1CC[C@]2(C)C1=CC[C@@H]1[C@]3(C)C=CC(=O)C(C)(C)[C@H]3CC[C@@]12C)C(=O)O. The highest BCUT2D eigenvalue weighted by molar-refractivity contribution is 5.95. The van der Waals surface area contributed by atoms with Crippen molar-refractivity contribution in [2.45, 2.75) is 93.4 Å². The van der Waals surface area contributed by atoms with E-state index < -0.39 is 5.97 Å². The highest BCUT2D eigenvalue weighted by Gasteiger charge is 2.66. The number of carbonyl (C=O) groups is 2. The first-order valence-electron chi connectivity index (χ1n) is 13.1. The molecule has 2 fully saturated rings. The molecule has 4 aliphatic rings.